The van der Waals surface area contributed by atoms with Gasteiger partial charge < -0.3 is 64.5 Å². The number of phenols is 1. The molecule has 202 valence electrons. The van der Waals surface area contributed by atoms with Crippen LogP contribution in [0.2, 0.25) is 0 Å². The minimum Gasteiger partial charge on any atom is -0.504 e. The van der Waals surface area contributed by atoms with Crippen molar-refractivity contribution in [3.63, 3.8) is 0 Å². The number of carbonyl (C=O) groups is 1. The largest absolute Gasteiger partial charge is 0.504 e. The number of hydrogen-bond donors (Lipinski definition) is 8. The maximum Gasteiger partial charge on any atom is 0.330 e. The average molecular weight is 518 g/mol. The molecule has 14 nitrogen and oxygen atoms in total. The Morgan fingerprint density at radius 3 is 2.39 bits per heavy atom. The Hall–Kier alpha value is -2.37. The van der Waals surface area contributed by atoms with E-state index in [1.165, 1.54) is 31.4 Å². The van der Waals surface area contributed by atoms with E-state index in [1.54, 1.807) is 0 Å². The van der Waals surface area contributed by atoms with E-state index in [4.69, 9.17) is 23.7 Å². The predicted molar refractivity (Wildman–Crippen MR) is 116 cm³/mol. The number of benzene rings is 1. The van der Waals surface area contributed by atoms with Gasteiger partial charge in [-0.2, -0.15) is 0 Å². The molecule has 8 unspecified atom stereocenters. The maximum absolute atomic E-state index is 12.1. The zero-order valence-corrected chi connectivity index (χ0v) is 19.2. The fourth-order valence-corrected chi connectivity index (χ4v) is 3.79. The molecular weight excluding hydrogens is 488 g/mol. The van der Waals surface area contributed by atoms with E-state index in [-0.39, 0.29) is 11.5 Å². The zero-order chi connectivity index (χ0) is 26.6. The summed E-state index contributed by atoms with van der Waals surface area (Å²) in [5, 5.41) is 79.6. The van der Waals surface area contributed by atoms with Gasteiger partial charge in [-0.05, 0) is 23.8 Å². The lowest BCUT2D eigenvalue weighted by Crippen LogP contribution is -2.62. The van der Waals surface area contributed by atoms with E-state index in [9.17, 15) is 45.6 Å². The van der Waals surface area contributed by atoms with Crippen LogP contribution in [-0.2, 0) is 23.7 Å². The van der Waals surface area contributed by atoms with Gasteiger partial charge in [-0.3, -0.25) is 0 Å². The molecule has 0 spiro atoms. The van der Waals surface area contributed by atoms with Crippen molar-refractivity contribution in [3.05, 3.63) is 29.8 Å². The normalized spacial score (nSPS) is 36.8. The average Bonchev–Trinajstić information content (AvgIpc) is 3.12. The van der Waals surface area contributed by atoms with Crippen LogP contribution >= 0.6 is 0 Å². The number of methoxy groups -OCH3 is 1. The monoisotopic (exact) mass is 518 g/mol. The summed E-state index contributed by atoms with van der Waals surface area (Å²) < 4.78 is 26.0. The van der Waals surface area contributed by atoms with Gasteiger partial charge in [0.25, 0.3) is 0 Å². The first-order valence-electron chi connectivity index (χ1n) is 10.9. The molecule has 36 heavy (non-hydrogen) atoms. The third kappa shape index (κ3) is 5.78. The smallest absolute Gasteiger partial charge is 0.330 e. The Labute approximate surface area is 205 Å². The highest BCUT2D eigenvalue weighted by Gasteiger charge is 2.58. The summed E-state index contributed by atoms with van der Waals surface area (Å²) in [7, 11) is 1.36. The molecule has 2 aliphatic heterocycles. The van der Waals surface area contributed by atoms with Gasteiger partial charge in [0.05, 0.1) is 13.7 Å². The van der Waals surface area contributed by atoms with Crippen molar-refractivity contribution in [1.82, 2.24) is 0 Å². The molecule has 2 heterocycles. The van der Waals surface area contributed by atoms with Crippen LogP contribution in [0.4, 0.5) is 0 Å². The van der Waals surface area contributed by atoms with Crippen molar-refractivity contribution in [1.29, 1.82) is 0 Å². The molecule has 8 N–H and O–H groups in total. The standard InChI is InChI=1S/C22H30O14/c1-32-12-6-10(2-4-11(12)25)3-5-15(26)33-8-14-16(27)18(29)19(30)21(34-14)36-22(9-24)20(31)17(28)13(7-23)35-22/h2-6,13-14,16-21,23-25,27-31H,7-9H2,1H3/t13?,14?,16?,17?,18?,19?,20?,21?,22-/m0/s1. The van der Waals surface area contributed by atoms with Crippen molar-refractivity contribution in [3.8, 4) is 11.5 Å². The molecule has 3 rings (SSSR count). The number of aliphatic hydroxyl groups is 7. The summed E-state index contributed by atoms with van der Waals surface area (Å²) in [6, 6.07) is 4.36. The van der Waals surface area contributed by atoms with Crippen molar-refractivity contribution in [2.75, 3.05) is 26.9 Å². The van der Waals surface area contributed by atoms with Gasteiger partial charge in [0.1, 0.15) is 55.9 Å². The molecule has 2 saturated heterocycles. The Kier molecular flexibility index (Phi) is 9.23. The Morgan fingerprint density at radius 2 is 1.78 bits per heavy atom. The van der Waals surface area contributed by atoms with E-state index in [2.05, 4.69) is 0 Å². The van der Waals surface area contributed by atoms with Crippen LogP contribution < -0.4 is 4.74 Å². The lowest BCUT2D eigenvalue weighted by Gasteiger charge is -2.43. The number of aromatic hydroxyl groups is 1. The molecule has 0 saturated carbocycles. The highest BCUT2D eigenvalue weighted by Crippen LogP contribution is 2.36. The fourth-order valence-electron chi connectivity index (χ4n) is 3.79. The molecule has 0 radical (unpaired) electrons. The molecule has 0 bridgehead atoms. The van der Waals surface area contributed by atoms with Gasteiger partial charge in [0.15, 0.2) is 17.8 Å². The van der Waals surface area contributed by atoms with E-state index >= 15 is 0 Å². The number of ether oxygens (including phenoxy) is 5. The van der Waals surface area contributed by atoms with Gasteiger partial charge in [-0.15, -0.1) is 0 Å². The van der Waals surface area contributed by atoms with Crippen LogP contribution in [0.1, 0.15) is 5.56 Å². The van der Waals surface area contributed by atoms with E-state index in [0.717, 1.165) is 6.08 Å². The quantitative estimate of drug-likeness (QED) is 0.118. The summed E-state index contributed by atoms with van der Waals surface area (Å²) in [5.41, 5.74) is 0.510. The van der Waals surface area contributed by atoms with E-state index < -0.39 is 80.6 Å². The molecular formula is C22H30O14. The highest BCUT2D eigenvalue weighted by atomic mass is 16.8. The van der Waals surface area contributed by atoms with Gasteiger partial charge >= 0.3 is 5.97 Å². The predicted octanol–water partition coefficient (Wildman–Crippen LogP) is -3.42. The van der Waals surface area contributed by atoms with E-state index in [1.807, 2.05) is 0 Å². The molecule has 1 aromatic rings. The van der Waals surface area contributed by atoms with Gasteiger partial charge in [-0.25, -0.2) is 4.79 Å². The van der Waals surface area contributed by atoms with Crippen molar-refractivity contribution in [2.45, 2.75) is 54.8 Å². The molecule has 2 fully saturated rings. The molecule has 2 aliphatic rings. The van der Waals surface area contributed by atoms with Crippen LogP contribution in [0.5, 0.6) is 11.5 Å². The first kappa shape index (κ1) is 28.2. The van der Waals surface area contributed by atoms with Crippen molar-refractivity contribution in [2.24, 2.45) is 0 Å². The topological polar surface area (TPSA) is 225 Å². The minimum atomic E-state index is -2.32. The Morgan fingerprint density at radius 1 is 1.06 bits per heavy atom. The fraction of sp³-hybridized carbons (Fsp3) is 0.591. The van der Waals surface area contributed by atoms with Crippen LogP contribution in [0.25, 0.3) is 6.08 Å². The zero-order valence-electron chi connectivity index (χ0n) is 19.2. The molecule has 9 atom stereocenters. The molecule has 1 aromatic carbocycles. The number of phenolic OH excluding ortho intramolecular Hbond substituents is 1. The van der Waals surface area contributed by atoms with E-state index in [0.29, 0.717) is 5.56 Å². The summed E-state index contributed by atoms with van der Waals surface area (Å²) in [5.74, 6) is -3.07. The van der Waals surface area contributed by atoms with Gasteiger partial charge in [-0.1, -0.05) is 6.07 Å². The maximum atomic E-state index is 12.1. The summed E-state index contributed by atoms with van der Waals surface area (Å²) >= 11 is 0. The summed E-state index contributed by atoms with van der Waals surface area (Å²) in [4.78, 5) is 12.1. The van der Waals surface area contributed by atoms with Gasteiger partial charge in [0, 0.05) is 6.08 Å². The number of aliphatic hydroxyl groups excluding tert-OH is 7. The number of rotatable bonds is 9. The second-order valence-corrected chi connectivity index (χ2v) is 8.27. The lowest BCUT2D eigenvalue weighted by atomic mass is 9.99. The van der Waals surface area contributed by atoms with Crippen molar-refractivity contribution >= 4 is 12.0 Å². The van der Waals surface area contributed by atoms with Crippen LogP contribution in [0.15, 0.2) is 24.3 Å². The number of hydrogen-bond acceptors (Lipinski definition) is 14. The highest BCUT2D eigenvalue weighted by molar-refractivity contribution is 5.87. The molecule has 0 aromatic heterocycles. The van der Waals surface area contributed by atoms with Crippen LogP contribution in [0.3, 0.4) is 0 Å². The second kappa shape index (κ2) is 11.8. The van der Waals surface area contributed by atoms with Crippen LogP contribution in [-0.4, -0.2) is 129 Å². The second-order valence-electron chi connectivity index (χ2n) is 8.27. The summed E-state index contributed by atoms with van der Waals surface area (Å²) in [6.07, 6.45) is -11.1. The van der Waals surface area contributed by atoms with Crippen molar-refractivity contribution < 1.29 is 69.3 Å². The first-order chi connectivity index (χ1) is 17.1. The molecule has 14 heteroatoms. The molecule has 0 amide bonds. The lowest BCUT2D eigenvalue weighted by molar-refractivity contribution is -0.383. The Balaban J connectivity index is 1.64. The third-order valence-electron chi connectivity index (χ3n) is 5.90. The van der Waals surface area contributed by atoms with Gasteiger partial charge in [0.2, 0.25) is 5.79 Å². The SMILES string of the molecule is COc1cc(C=CC(=O)OCC2OC(O[C@]3(CO)OC(CO)C(O)C3O)C(O)C(O)C2O)ccc1O. The number of esters is 1. The third-order valence-corrected chi connectivity index (χ3v) is 5.90. The molecule has 0 aliphatic carbocycles. The number of carbonyl (C=O) groups excluding carboxylic acids is 1. The van der Waals surface area contributed by atoms with Crippen LogP contribution in [0, 0.1) is 0 Å². The first-order valence-corrected chi connectivity index (χ1v) is 10.9. The minimum absolute atomic E-state index is 0.0851. The Bertz CT molecular complexity index is 924. The summed E-state index contributed by atoms with van der Waals surface area (Å²) in [6.45, 7) is -2.34.